The molecule has 0 atom stereocenters. The van der Waals surface area contributed by atoms with Crippen LogP contribution in [0.15, 0.2) is 0 Å². The molecule has 17 heavy (non-hydrogen) atoms. The van der Waals surface area contributed by atoms with Crippen LogP contribution in [0.1, 0.15) is 6.42 Å². The van der Waals surface area contributed by atoms with Gasteiger partial charge in [-0.1, -0.05) is 0 Å². The Hall–Kier alpha value is -2.12. The van der Waals surface area contributed by atoms with Crippen LogP contribution in [0.4, 0.5) is 5.95 Å². The van der Waals surface area contributed by atoms with Crippen LogP contribution in [-0.4, -0.2) is 48.7 Å². The number of hydrogen-bond acceptors (Lipinski definition) is 7. The number of carbonyl (C=O) groups excluding carboxylic acids is 1. The van der Waals surface area contributed by atoms with Crippen molar-refractivity contribution >= 4 is 11.9 Å². The lowest BCUT2D eigenvalue weighted by Gasteiger charge is -2.06. The van der Waals surface area contributed by atoms with Crippen LogP contribution in [0.2, 0.25) is 0 Å². The molecule has 1 rings (SSSR count). The molecule has 0 aliphatic heterocycles. The number of methoxy groups -OCH3 is 2. The second-order valence-corrected chi connectivity index (χ2v) is 2.98. The number of anilines is 1. The molecule has 8 heteroatoms. The van der Waals surface area contributed by atoms with E-state index in [4.69, 9.17) is 9.47 Å². The number of carbonyl (C=O) groups is 1. The van der Waals surface area contributed by atoms with Crippen molar-refractivity contribution in [1.82, 2.24) is 20.3 Å². The monoisotopic (exact) mass is 241 g/mol. The second kappa shape index (κ2) is 6.46. The highest BCUT2D eigenvalue weighted by Crippen LogP contribution is 2.11. The van der Waals surface area contributed by atoms with Crippen LogP contribution in [0.5, 0.6) is 12.0 Å². The summed E-state index contributed by atoms with van der Waals surface area (Å²) in [4.78, 5) is 22.7. The second-order valence-electron chi connectivity index (χ2n) is 2.98. The molecular weight excluding hydrogens is 226 g/mol. The van der Waals surface area contributed by atoms with Crippen molar-refractivity contribution in [2.45, 2.75) is 6.42 Å². The van der Waals surface area contributed by atoms with Crippen molar-refractivity contribution in [3.63, 3.8) is 0 Å². The number of rotatable bonds is 6. The van der Waals surface area contributed by atoms with Gasteiger partial charge >= 0.3 is 12.0 Å². The zero-order valence-electron chi connectivity index (χ0n) is 9.98. The molecule has 0 aliphatic carbocycles. The van der Waals surface area contributed by atoms with E-state index >= 15 is 0 Å². The van der Waals surface area contributed by atoms with E-state index in [9.17, 15) is 4.79 Å². The van der Waals surface area contributed by atoms with Gasteiger partial charge in [-0.05, 0) is 0 Å². The fraction of sp³-hybridized carbons (Fsp3) is 0.556. The van der Waals surface area contributed by atoms with Gasteiger partial charge in [0.15, 0.2) is 0 Å². The smallest absolute Gasteiger partial charge is 0.324 e. The summed E-state index contributed by atoms with van der Waals surface area (Å²) >= 11 is 0. The Balaban J connectivity index is 2.60. The average Bonchev–Trinajstić information content (AvgIpc) is 2.37. The Labute approximate surface area is 98.8 Å². The Bertz CT molecular complexity index is 363. The number of ether oxygens (including phenoxy) is 2. The minimum atomic E-state index is -0.0644. The number of hydrogen-bond donors (Lipinski definition) is 2. The highest BCUT2D eigenvalue weighted by molar-refractivity contribution is 5.75. The van der Waals surface area contributed by atoms with Crippen molar-refractivity contribution in [3.8, 4) is 12.0 Å². The van der Waals surface area contributed by atoms with Gasteiger partial charge in [-0.2, -0.15) is 9.97 Å². The molecule has 1 amide bonds. The molecule has 0 aliphatic rings. The van der Waals surface area contributed by atoms with E-state index in [-0.39, 0.29) is 17.9 Å². The number of aromatic nitrogens is 3. The van der Waals surface area contributed by atoms with E-state index in [1.807, 2.05) is 0 Å². The van der Waals surface area contributed by atoms with Crippen LogP contribution in [0.3, 0.4) is 0 Å². The van der Waals surface area contributed by atoms with Crippen molar-refractivity contribution < 1.29 is 14.3 Å². The van der Waals surface area contributed by atoms with Crippen LogP contribution >= 0.6 is 0 Å². The van der Waals surface area contributed by atoms with Crippen molar-refractivity contribution in [2.75, 3.05) is 33.1 Å². The largest absolute Gasteiger partial charge is 0.467 e. The minimum Gasteiger partial charge on any atom is -0.467 e. The van der Waals surface area contributed by atoms with Crippen LogP contribution in [0, 0.1) is 0 Å². The molecule has 0 radical (unpaired) electrons. The Kier molecular flexibility index (Phi) is 4.92. The van der Waals surface area contributed by atoms with Crippen LogP contribution < -0.4 is 20.1 Å². The SMILES string of the molecule is CNC(=O)CCNc1nc(OC)nc(OC)n1. The number of nitrogens with one attached hydrogen (secondary N) is 2. The van der Waals surface area contributed by atoms with E-state index in [1.54, 1.807) is 7.05 Å². The Morgan fingerprint density at radius 3 is 2.24 bits per heavy atom. The van der Waals surface area contributed by atoms with Gasteiger partial charge in [-0.15, -0.1) is 4.98 Å². The van der Waals surface area contributed by atoms with Gasteiger partial charge in [0, 0.05) is 20.0 Å². The third-order valence-corrected chi connectivity index (χ3v) is 1.87. The van der Waals surface area contributed by atoms with Gasteiger partial charge in [-0.25, -0.2) is 0 Å². The molecule has 0 bridgehead atoms. The molecule has 0 unspecified atom stereocenters. The quantitative estimate of drug-likeness (QED) is 0.688. The van der Waals surface area contributed by atoms with Crippen molar-refractivity contribution in [2.24, 2.45) is 0 Å². The average molecular weight is 241 g/mol. The molecule has 0 saturated carbocycles. The summed E-state index contributed by atoms with van der Waals surface area (Å²) < 4.78 is 9.77. The standard InChI is InChI=1S/C9H15N5O3/c1-10-6(15)4-5-11-7-12-8(16-2)14-9(13-7)17-3/h4-5H2,1-3H3,(H,10,15)(H,11,12,13,14). The number of amides is 1. The molecule has 94 valence electrons. The van der Waals surface area contributed by atoms with Crippen molar-refractivity contribution in [1.29, 1.82) is 0 Å². The molecule has 1 heterocycles. The predicted molar refractivity (Wildman–Crippen MR) is 60.1 cm³/mol. The third kappa shape index (κ3) is 4.09. The molecule has 0 fully saturated rings. The molecule has 0 spiro atoms. The first-order valence-corrected chi connectivity index (χ1v) is 4.98. The molecular formula is C9H15N5O3. The molecule has 2 N–H and O–H groups in total. The van der Waals surface area contributed by atoms with Gasteiger partial charge in [0.25, 0.3) is 0 Å². The fourth-order valence-electron chi connectivity index (χ4n) is 1.01. The van der Waals surface area contributed by atoms with Gasteiger partial charge in [0.1, 0.15) is 0 Å². The van der Waals surface area contributed by atoms with E-state index in [1.165, 1.54) is 14.2 Å². The summed E-state index contributed by atoms with van der Waals surface area (Å²) in [7, 11) is 4.48. The molecule has 1 aromatic rings. The summed E-state index contributed by atoms with van der Waals surface area (Å²) in [5.74, 6) is 0.239. The van der Waals surface area contributed by atoms with Gasteiger partial charge in [-0.3, -0.25) is 4.79 Å². The van der Waals surface area contributed by atoms with Crippen LogP contribution in [0.25, 0.3) is 0 Å². The number of nitrogens with zero attached hydrogens (tertiary/aromatic N) is 3. The first-order valence-electron chi connectivity index (χ1n) is 4.98. The summed E-state index contributed by atoms with van der Waals surface area (Å²) in [6.07, 6.45) is 0.326. The highest BCUT2D eigenvalue weighted by Gasteiger charge is 2.06. The van der Waals surface area contributed by atoms with Gasteiger partial charge in [0.05, 0.1) is 14.2 Å². The van der Waals surface area contributed by atoms with Crippen molar-refractivity contribution in [3.05, 3.63) is 0 Å². The maximum atomic E-state index is 11.0. The Morgan fingerprint density at radius 2 is 1.76 bits per heavy atom. The predicted octanol–water partition coefficient (Wildman–Crippen LogP) is -0.563. The summed E-state index contributed by atoms with van der Waals surface area (Å²) in [6, 6.07) is 0.304. The zero-order valence-corrected chi connectivity index (χ0v) is 9.98. The maximum absolute atomic E-state index is 11.0. The summed E-state index contributed by atoms with van der Waals surface area (Å²) in [5, 5.41) is 5.39. The van der Waals surface area contributed by atoms with E-state index < -0.39 is 0 Å². The van der Waals surface area contributed by atoms with Gasteiger partial charge < -0.3 is 20.1 Å². The fourth-order valence-corrected chi connectivity index (χ4v) is 1.01. The molecule has 0 saturated heterocycles. The summed E-state index contributed by atoms with van der Waals surface area (Å²) in [6.45, 7) is 0.413. The van der Waals surface area contributed by atoms with E-state index in [0.717, 1.165) is 0 Å². The molecule has 1 aromatic heterocycles. The lowest BCUT2D eigenvalue weighted by Crippen LogP contribution is -2.21. The first-order chi connectivity index (χ1) is 8.19. The normalized spacial score (nSPS) is 9.59. The minimum absolute atomic E-state index is 0.0644. The zero-order chi connectivity index (χ0) is 12.7. The third-order valence-electron chi connectivity index (χ3n) is 1.87. The highest BCUT2D eigenvalue weighted by atomic mass is 16.5. The molecule has 0 aromatic carbocycles. The molecule has 8 nitrogen and oxygen atoms in total. The maximum Gasteiger partial charge on any atom is 0.324 e. The lowest BCUT2D eigenvalue weighted by atomic mass is 10.4. The lowest BCUT2D eigenvalue weighted by molar-refractivity contribution is -0.120. The Morgan fingerprint density at radius 1 is 1.18 bits per heavy atom. The van der Waals surface area contributed by atoms with E-state index in [2.05, 4.69) is 25.6 Å². The van der Waals surface area contributed by atoms with Gasteiger partial charge in [0.2, 0.25) is 11.9 Å². The van der Waals surface area contributed by atoms with Crippen LogP contribution in [-0.2, 0) is 4.79 Å². The van der Waals surface area contributed by atoms with E-state index in [0.29, 0.717) is 18.9 Å². The first kappa shape index (κ1) is 12.9. The summed E-state index contributed by atoms with van der Waals surface area (Å²) in [5.41, 5.74) is 0. The topological polar surface area (TPSA) is 98.3 Å².